The zero-order valence-corrected chi connectivity index (χ0v) is 19.9. The Morgan fingerprint density at radius 1 is 0.424 bits per heavy atom. The fraction of sp³-hybridized carbons (Fsp3) is 0. The Labute approximate surface area is 205 Å². The summed E-state index contributed by atoms with van der Waals surface area (Å²) in [5.41, 5.74) is 8.64. The summed E-state index contributed by atoms with van der Waals surface area (Å²) >= 11 is 2.42. The van der Waals surface area contributed by atoms with Gasteiger partial charge in [0.05, 0.1) is 44.9 Å². The number of aromatic nitrogens is 2. The van der Waals surface area contributed by atoms with E-state index in [2.05, 4.69) is 145 Å². The molecule has 7 aromatic rings. The van der Waals surface area contributed by atoms with Gasteiger partial charge >= 0.3 is 0 Å². The van der Waals surface area contributed by atoms with E-state index in [1.165, 1.54) is 60.4 Å². The largest absolute Gasteiger partial charge is 0.309 e. The third-order valence-corrected chi connectivity index (χ3v) is 7.67. The lowest BCUT2D eigenvalue weighted by Gasteiger charge is -2.08. The van der Waals surface area contributed by atoms with Gasteiger partial charge in [-0.25, -0.2) is 0 Å². The fourth-order valence-electron chi connectivity index (χ4n) is 5.11. The maximum absolute atomic E-state index is 2.42. The minimum absolute atomic E-state index is 1.19. The van der Waals surface area contributed by atoms with Crippen LogP contribution < -0.4 is 0 Å². The van der Waals surface area contributed by atoms with Crippen molar-refractivity contribution in [3.63, 3.8) is 0 Å². The van der Waals surface area contributed by atoms with Gasteiger partial charge in [0.25, 0.3) is 0 Å². The van der Waals surface area contributed by atoms with E-state index in [0.717, 1.165) is 0 Å². The summed E-state index contributed by atoms with van der Waals surface area (Å²) in [5.74, 6) is 0. The van der Waals surface area contributed by atoms with Crippen LogP contribution in [-0.4, -0.2) is 7.35 Å². The first-order valence-electron chi connectivity index (χ1n) is 11.1. The van der Waals surface area contributed by atoms with Gasteiger partial charge in [-0.15, -0.1) is 0 Å². The van der Waals surface area contributed by atoms with E-state index in [0.29, 0.717) is 0 Å². The standard InChI is InChI=1S/C30H19IN2/c31-33-29-13-7-5-10-23(29)25-16-14-21(19-30(25)33)20-15-17-28-26(18-20)24-11-4-6-12-27(24)32(28)22-8-2-1-3-9-22/h1-19H. The second-order valence-electron chi connectivity index (χ2n) is 8.45. The van der Waals surface area contributed by atoms with Gasteiger partial charge in [-0.1, -0.05) is 72.8 Å². The van der Waals surface area contributed by atoms with Crippen molar-refractivity contribution in [3.8, 4) is 16.8 Å². The molecule has 2 aromatic heterocycles. The molecule has 0 atom stereocenters. The number of benzene rings is 5. The molecule has 0 spiro atoms. The normalized spacial score (nSPS) is 11.8. The first-order valence-corrected chi connectivity index (χ1v) is 12.0. The number of halogens is 1. The molecule has 0 unspecified atom stereocenters. The molecule has 33 heavy (non-hydrogen) atoms. The average molecular weight is 534 g/mol. The monoisotopic (exact) mass is 534 g/mol. The van der Waals surface area contributed by atoms with Crippen molar-refractivity contribution in [1.29, 1.82) is 0 Å². The van der Waals surface area contributed by atoms with Crippen LogP contribution in [-0.2, 0) is 0 Å². The van der Waals surface area contributed by atoms with Crippen molar-refractivity contribution in [2.75, 3.05) is 0 Å². The van der Waals surface area contributed by atoms with Crippen LogP contribution in [0.25, 0.3) is 60.4 Å². The van der Waals surface area contributed by atoms with Crippen molar-refractivity contribution in [2.45, 2.75) is 0 Å². The highest BCUT2D eigenvalue weighted by Gasteiger charge is 2.14. The summed E-state index contributed by atoms with van der Waals surface area (Å²) in [4.78, 5) is 0. The minimum Gasteiger partial charge on any atom is -0.309 e. The van der Waals surface area contributed by atoms with Crippen molar-refractivity contribution < 1.29 is 0 Å². The van der Waals surface area contributed by atoms with Crippen LogP contribution in [0.5, 0.6) is 0 Å². The maximum Gasteiger partial charge on any atom is 0.0646 e. The fourth-order valence-corrected chi connectivity index (χ4v) is 5.93. The highest BCUT2D eigenvalue weighted by atomic mass is 127. The van der Waals surface area contributed by atoms with E-state index >= 15 is 0 Å². The van der Waals surface area contributed by atoms with Crippen LogP contribution in [0.2, 0.25) is 0 Å². The average Bonchev–Trinajstić information content (AvgIpc) is 3.36. The third kappa shape index (κ3) is 2.79. The lowest BCUT2D eigenvalue weighted by molar-refractivity contribution is 1.18. The summed E-state index contributed by atoms with van der Waals surface area (Å²) in [5, 5.41) is 5.16. The summed E-state index contributed by atoms with van der Waals surface area (Å²) in [6.45, 7) is 0. The molecule has 0 bridgehead atoms. The van der Waals surface area contributed by atoms with Crippen LogP contribution in [0.15, 0.2) is 115 Å². The molecule has 2 heterocycles. The van der Waals surface area contributed by atoms with E-state index < -0.39 is 0 Å². The minimum atomic E-state index is 1.19. The molecule has 0 saturated heterocycles. The predicted octanol–water partition coefficient (Wildman–Crippen LogP) is 8.76. The van der Waals surface area contributed by atoms with Crippen LogP contribution in [0, 0.1) is 0 Å². The molecular formula is C30H19IN2. The second kappa shape index (κ2) is 7.22. The first kappa shape index (κ1) is 18.9. The number of rotatable bonds is 2. The Hall–Kier alpha value is -3.57. The van der Waals surface area contributed by atoms with Crippen LogP contribution in [0.4, 0.5) is 0 Å². The molecule has 7 rings (SSSR count). The molecule has 0 amide bonds. The summed E-state index contributed by atoms with van der Waals surface area (Å²) in [6, 6.07) is 41.6. The van der Waals surface area contributed by atoms with E-state index in [4.69, 9.17) is 0 Å². The Bertz CT molecular complexity index is 1820. The smallest absolute Gasteiger partial charge is 0.0646 e. The van der Waals surface area contributed by atoms with Crippen molar-refractivity contribution >= 4 is 66.5 Å². The van der Waals surface area contributed by atoms with Gasteiger partial charge in [-0.2, -0.15) is 0 Å². The van der Waals surface area contributed by atoms with Gasteiger partial charge in [0, 0.05) is 27.2 Å². The lowest BCUT2D eigenvalue weighted by Crippen LogP contribution is -1.92. The van der Waals surface area contributed by atoms with Crippen LogP contribution >= 0.6 is 22.9 Å². The van der Waals surface area contributed by atoms with Crippen molar-refractivity contribution in [2.24, 2.45) is 0 Å². The van der Waals surface area contributed by atoms with Crippen LogP contribution in [0.3, 0.4) is 0 Å². The number of hydrogen-bond donors (Lipinski definition) is 0. The molecule has 2 nitrogen and oxygen atoms in total. The van der Waals surface area contributed by atoms with E-state index in [-0.39, 0.29) is 0 Å². The van der Waals surface area contributed by atoms with Crippen molar-refractivity contribution in [1.82, 2.24) is 7.35 Å². The molecule has 0 N–H and O–H groups in total. The molecule has 0 aliphatic heterocycles. The quantitative estimate of drug-likeness (QED) is 0.196. The zero-order valence-electron chi connectivity index (χ0n) is 17.7. The summed E-state index contributed by atoms with van der Waals surface area (Å²) < 4.78 is 4.63. The lowest BCUT2D eigenvalue weighted by atomic mass is 10.0. The number of para-hydroxylation sites is 3. The molecule has 0 saturated carbocycles. The van der Waals surface area contributed by atoms with Gasteiger partial charge in [0.1, 0.15) is 0 Å². The number of hydrogen-bond acceptors (Lipinski definition) is 0. The summed E-state index contributed by atoms with van der Waals surface area (Å²) in [6.07, 6.45) is 0. The van der Waals surface area contributed by atoms with Gasteiger partial charge in [0.15, 0.2) is 0 Å². The SMILES string of the molecule is In1c2ccccc2c2ccc(-c3ccc4c(c3)c3ccccc3n4-c3ccccc3)cc21. The molecule has 3 heteroatoms. The van der Waals surface area contributed by atoms with E-state index in [9.17, 15) is 0 Å². The Morgan fingerprint density at radius 2 is 1.00 bits per heavy atom. The summed E-state index contributed by atoms with van der Waals surface area (Å²) in [7, 11) is 0. The Kier molecular flexibility index (Phi) is 4.15. The van der Waals surface area contributed by atoms with Gasteiger partial charge in [-0.05, 0) is 53.6 Å². The van der Waals surface area contributed by atoms with E-state index in [1.807, 2.05) is 0 Å². The predicted molar refractivity (Wildman–Crippen MR) is 149 cm³/mol. The number of fused-ring (bicyclic) bond motifs is 6. The van der Waals surface area contributed by atoms with E-state index in [1.54, 1.807) is 0 Å². The van der Waals surface area contributed by atoms with Gasteiger partial charge < -0.3 is 4.57 Å². The molecular weight excluding hydrogens is 515 g/mol. The van der Waals surface area contributed by atoms with Gasteiger partial charge in [-0.3, -0.25) is 2.78 Å². The highest BCUT2D eigenvalue weighted by Crippen LogP contribution is 2.37. The molecule has 0 aliphatic carbocycles. The zero-order chi connectivity index (χ0) is 21.9. The highest BCUT2D eigenvalue weighted by molar-refractivity contribution is 14.1. The van der Waals surface area contributed by atoms with Crippen LogP contribution in [0.1, 0.15) is 0 Å². The van der Waals surface area contributed by atoms with Crippen molar-refractivity contribution in [3.05, 3.63) is 115 Å². The molecule has 156 valence electrons. The number of nitrogens with zero attached hydrogens (tertiary/aromatic N) is 2. The molecule has 5 aromatic carbocycles. The Balaban J connectivity index is 1.48. The van der Waals surface area contributed by atoms with Gasteiger partial charge in [0.2, 0.25) is 0 Å². The maximum atomic E-state index is 2.42. The molecule has 0 radical (unpaired) electrons. The topological polar surface area (TPSA) is 9.86 Å². The molecule has 0 aliphatic rings. The molecule has 0 fully saturated rings. The second-order valence-corrected chi connectivity index (χ2v) is 9.41. The Morgan fingerprint density at radius 3 is 1.82 bits per heavy atom. The third-order valence-electron chi connectivity index (χ3n) is 6.64. The first-order chi connectivity index (χ1) is 16.3.